The third-order valence-corrected chi connectivity index (χ3v) is 4.46. The average Bonchev–Trinajstić information content (AvgIpc) is 2.72. The lowest BCUT2D eigenvalue weighted by atomic mass is 10.1. The zero-order valence-electron chi connectivity index (χ0n) is 22.3. The number of ether oxygens (including phenoxy) is 1. The minimum absolute atomic E-state index is 0.140. The number of rotatable bonds is 9. The van der Waals surface area contributed by atoms with Crippen LogP contribution in [0.3, 0.4) is 0 Å². The van der Waals surface area contributed by atoms with Crippen LogP contribution in [0, 0.1) is 11.8 Å². The van der Waals surface area contributed by atoms with E-state index in [1.165, 1.54) is 4.90 Å². The van der Waals surface area contributed by atoms with Crippen molar-refractivity contribution in [1.29, 1.82) is 0 Å². The highest BCUT2D eigenvalue weighted by molar-refractivity contribution is 5.85. The second kappa shape index (κ2) is 13.0. The number of nitrogens with zero attached hydrogens (tertiary/aromatic N) is 3. The van der Waals surface area contributed by atoms with Gasteiger partial charge in [0.05, 0.1) is 11.8 Å². The fourth-order valence-corrected chi connectivity index (χ4v) is 2.61. The predicted octanol–water partition coefficient (Wildman–Crippen LogP) is 4.01. The SMILES string of the molecule is CCCNc1nc(NC(C)(C)C)ncc1C#CCCCNC(=O)[C@H](C)N(C)C(=O)OC(C)(C)C. The molecule has 0 bridgehead atoms. The molecular weight excluding hydrogens is 432 g/mol. The zero-order chi connectivity index (χ0) is 25.9. The molecule has 0 unspecified atom stereocenters. The number of anilines is 2. The predicted molar refractivity (Wildman–Crippen MR) is 137 cm³/mol. The largest absolute Gasteiger partial charge is 0.444 e. The highest BCUT2D eigenvalue weighted by atomic mass is 16.6. The van der Waals surface area contributed by atoms with Gasteiger partial charge in [-0.05, 0) is 61.3 Å². The Kier molecular flexibility index (Phi) is 11.1. The molecule has 0 aliphatic carbocycles. The summed E-state index contributed by atoms with van der Waals surface area (Å²) in [4.78, 5) is 34.7. The summed E-state index contributed by atoms with van der Waals surface area (Å²) in [7, 11) is 1.55. The van der Waals surface area contributed by atoms with Crippen molar-refractivity contribution in [3.8, 4) is 11.8 Å². The molecule has 1 aromatic heterocycles. The average molecular weight is 475 g/mol. The molecule has 0 aromatic carbocycles. The summed E-state index contributed by atoms with van der Waals surface area (Å²) in [6.45, 7) is 16.5. The number of unbranched alkanes of at least 4 members (excludes halogenated alkanes) is 1. The van der Waals surface area contributed by atoms with Gasteiger partial charge in [0.15, 0.2) is 0 Å². The van der Waals surface area contributed by atoms with Crippen LogP contribution >= 0.6 is 0 Å². The second-order valence-corrected chi connectivity index (χ2v) is 10.2. The summed E-state index contributed by atoms with van der Waals surface area (Å²) in [5.41, 5.74) is -0.0102. The molecule has 0 aliphatic heterocycles. The van der Waals surface area contributed by atoms with Crippen molar-refractivity contribution in [3.05, 3.63) is 11.8 Å². The Balaban J connectivity index is 2.60. The van der Waals surface area contributed by atoms with Crippen LogP contribution in [-0.2, 0) is 9.53 Å². The summed E-state index contributed by atoms with van der Waals surface area (Å²) in [5, 5.41) is 9.43. The fourth-order valence-electron chi connectivity index (χ4n) is 2.61. The molecule has 0 saturated carbocycles. The van der Waals surface area contributed by atoms with Crippen molar-refractivity contribution in [1.82, 2.24) is 20.2 Å². The molecule has 0 saturated heterocycles. The Hall–Kier alpha value is -3.02. The van der Waals surface area contributed by atoms with Gasteiger partial charge in [-0.25, -0.2) is 9.78 Å². The quantitative estimate of drug-likeness (QED) is 0.366. The smallest absolute Gasteiger partial charge is 0.410 e. The molecule has 1 atom stereocenters. The number of hydrogen-bond donors (Lipinski definition) is 3. The minimum atomic E-state index is -0.634. The van der Waals surface area contributed by atoms with E-state index in [9.17, 15) is 9.59 Å². The van der Waals surface area contributed by atoms with Crippen LogP contribution in [0.2, 0.25) is 0 Å². The van der Waals surface area contributed by atoms with E-state index in [4.69, 9.17) is 4.74 Å². The van der Waals surface area contributed by atoms with Gasteiger partial charge in [0.2, 0.25) is 11.9 Å². The van der Waals surface area contributed by atoms with E-state index in [0.717, 1.165) is 18.5 Å². The van der Waals surface area contributed by atoms with Crippen molar-refractivity contribution in [2.24, 2.45) is 0 Å². The minimum Gasteiger partial charge on any atom is -0.444 e. The Morgan fingerprint density at radius 1 is 1.18 bits per heavy atom. The number of aromatic nitrogens is 2. The van der Waals surface area contributed by atoms with Gasteiger partial charge in [-0.1, -0.05) is 18.8 Å². The molecular formula is C25H42N6O3. The van der Waals surface area contributed by atoms with Crippen LogP contribution in [0.4, 0.5) is 16.6 Å². The van der Waals surface area contributed by atoms with Gasteiger partial charge in [0.1, 0.15) is 17.5 Å². The first kappa shape index (κ1) is 29.0. The Morgan fingerprint density at radius 3 is 2.44 bits per heavy atom. The molecule has 34 heavy (non-hydrogen) atoms. The second-order valence-electron chi connectivity index (χ2n) is 10.2. The van der Waals surface area contributed by atoms with Crippen LogP contribution in [-0.4, -0.2) is 64.2 Å². The van der Waals surface area contributed by atoms with E-state index >= 15 is 0 Å². The summed E-state index contributed by atoms with van der Waals surface area (Å²) in [6.07, 6.45) is 3.46. The Labute approximate surface area is 204 Å². The van der Waals surface area contributed by atoms with Crippen molar-refractivity contribution >= 4 is 23.8 Å². The Morgan fingerprint density at radius 2 is 1.85 bits per heavy atom. The fraction of sp³-hybridized carbons (Fsp3) is 0.680. The zero-order valence-corrected chi connectivity index (χ0v) is 22.3. The molecule has 1 heterocycles. The molecule has 190 valence electrons. The number of amides is 2. The van der Waals surface area contributed by atoms with Gasteiger partial charge in [-0.3, -0.25) is 9.69 Å². The van der Waals surface area contributed by atoms with Crippen LogP contribution < -0.4 is 16.0 Å². The van der Waals surface area contributed by atoms with E-state index in [2.05, 4.69) is 65.5 Å². The van der Waals surface area contributed by atoms with Crippen molar-refractivity contribution < 1.29 is 14.3 Å². The van der Waals surface area contributed by atoms with E-state index in [-0.39, 0.29) is 11.4 Å². The highest BCUT2D eigenvalue weighted by Gasteiger charge is 2.26. The monoisotopic (exact) mass is 474 g/mol. The summed E-state index contributed by atoms with van der Waals surface area (Å²) in [6, 6.07) is -0.634. The van der Waals surface area contributed by atoms with Crippen LogP contribution in [0.5, 0.6) is 0 Å². The van der Waals surface area contributed by atoms with Gasteiger partial charge in [0, 0.05) is 32.1 Å². The number of likely N-dealkylation sites (N-methyl/N-ethyl adjacent to an activating group) is 1. The topological polar surface area (TPSA) is 108 Å². The molecule has 0 radical (unpaired) electrons. The number of hydrogen-bond acceptors (Lipinski definition) is 7. The molecule has 0 aliphatic rings. The van der Waals surface area contributed by atoms with E-state index in [1.54, 1.807) is 40.9 Å². The maximum atomic E-state index is 12.4. The van der Waals surface area contributed by atoms with E-state index in [1.807, 2.05) is 0 Å². The molecule has 0 fully saturated rings. The lowest BCUT2D eigenvalue weighted by Gasteiger charge is -2.28. The molecule has 9 heteroatoms. The molecule has 9 nitrogen and oxygen atoms in total. The normalized spacial score (nSPS) is 12.1. The molecule has 1 rings (SSSR count). The van der Waals surface area contributed by atoms with Gasteiger partial charge in [-0.15, -0.1) is 0 Å². The number of carbonyl (C=O) groups is 2. The first-order valence-corrected chi connectivity index (χ1v) is 11.8. The lowest BCUT2D eigenvalue weighted by molar-refractivity contribution is -0.125. The first-order valence-electron chi connectivity index (χ1n) is 11.8. The van der Waals surface area contributed by atoms with Gasteiger partial charge in [0.25, 0.3) is 0 Å². The Bertz CT molecular complexity index is 877. The third-order valence-electron chi connectivity index (χ3n) is 4.46. The van der Waals surface area contributed by atoms with Crippen LogP contribution in [0.1, 0.15) is 80.2 Å². The van der Waals surface area contributed by atoms with Crippen LogP contribution in [0.25, 0.3) is 0 Å². The van der Waals surface area contributed by atoms with Gasteiger partial charge in [-0.2, -0.15) is 4.98 Å². The standard InChI is InChI=1S/C25H42N6O3/c1-10-15-26-20-19(17-28-22(29-20)30-24(3,4)5)14-12-11-13-16-27-21(32)18(2)31(9)23(33)34-25(6,7)8/h17-18H,10-11,13,15-16H2,1-9H3,(H,27,32)(H2,26,28,29,30)/t18-/m0/s1. The summed E-state index contributed by atoms with van der Waals surface area (Å²) >= 11 is 0. The molecule has 1 aromatic rings. The third kappa shape index (κ3) is 11.2. The first-order chi connectivity index (χ1) is 15.7. The summed E-state index contributed by atoms with van der Waals surface area (Å²) in [5.74, 6) is 7.30. The number of nitrogens with one attached hydrogen (secondary N) is 3. The van der Waals surface area contributed by atoms with E-state index in [0.29, 0.717) is 31.2 Å². The molecule has 2 amide bonds. The maximum absolute atomic E-state index is 12.4. The van der Waals surface area contributed by atoms with E-state index < -0.39 is 17.7 Å². The van der Waals surface area contributed by atoms with Crippen molar-refractivity contribution in [3.63, 3.8) is 0 Å². The highest BCUT2D eigenvalue weighted by Crippen LogP contribution is 2.16. The summed E-state index contributed by atoms with van der Waals surface area (Å²) < 4.78 is 5.30. The van der Waals surface area contributed by atoms with Crippen molar-refractivity contribution in [2.45, 2.75) is 91.8 Å². The van der Waals surface area contributed by atoms with Crippen molar-refractivity contribution in [2.75, 3.05) is 30.8 Å². The maximum Gasteiger partial charge on any atom is 0.410 e. The lowest BCUT2D eigenvalue weighted by Crippen LogP contribution is -2.47. The van der Waals surface area contributed by atoms with Gasteiger partial charge >= 0.3 is 6.09 Å². The molecule has 0 spiro atoms. The van der Waals surface area contributed by atoms with Crippen LogP contribution in [0.15, 0.2) is 6.20 Å². The molecule has 3 N–H and O–H groups in total. The number of carbonyl (C=O) groups excluding carboxylic acids is 2. The van der Waals surface area contributed by atoms with Gasteiger partial charge < -0.3 is 20.7 Å².